The molecule has 3 aromatic heterocycles. The van der Waals surface area contributed by atoms with E-state index in [4.69, 9.17) is 5.10 Å². The molecule has 2 aromatic carbocycles. The van der Waals surface area contributed by atoms with Gasteiger partial charge in [-0.3, -0.25) is 18.9 Å². The standard InChI is InChI=1S/C29H30N6O2/c1-29(2,3)19-34-26-24(27(36)33(4)28(34)37)25(31-22-10-6-5-7-11-22)35(32-26)18-20-13-15-21(16-14-20)23-12-8-9-17-30-23/h5-17,31H,18-19H2,1-4H3. The van der Waals surface area contributed by atoms with E-state index in [1.807, 2.05) is 72.8 Å². The van der Waals surface area contributed by atoms with Crippen LogP contribution in [-0.4, -0.2) is 23.9 Å². The molecular weight excluding hydrogens is 464 g/mol. The van der Waals surface area contributed by atoms with Crippen LogP contribution in [0.1, 0.15) is 26.3 Å². The largest absolute Gasteiger partial charge is 0.340 e. The molecule has 3 heterocycles. The topological polar surface area (TPSA) is 86.7 Å². The summed E-state index contributed by atoms with van der Waals surface area (Å²) in [5.74, 6) is 0.554. The van der Waals surface area contributed by atoms with Crippen LogP contribution in [0.3, 0.4) is 0 Å². The van der Waals surface area contributed by atoms with Crippen molar-refractivity contribution in [2.75, 3.05) is 5.32 Å². The number of hydrogen-bond donors (Lipinski definition) is 1. The molecule has 0 saturated heterocycles. The first-order valence-electron chi connectivity index (χ1n) is 12.2. The van der Waals surface area contributed by atoms with Gasteiger partial charge in [0, 0.05) is 31.0 Å². The number of nitrogens with one attached hydrogen (secondary N) is 1. The molecule has 0 aliphatic carbocycles. The van der Waals surface area contributed by atoms with Gasteiger partial charge in [0.15, 0.2) is 5.65 Å². The van der Waals surface area contributed by atoms with Crippen molar-refractivity contribution in [3.63, 3.8) is 0 Å². The molecule has 0 unspecified atom stereocenters. The second kappa shape index (κ2) is 9.54. The van der Waals surface area contributed by atoms with Crippen LogP contribution >= 0.6 is 0 Å². The molecule has 0 saturated carbocycles. The maximum absolute atomic E-state index is 13.4. The molecule has 0 atom stereocenters. The summed E-state index contributed by atoms with van der Waals surface area (Å²) in [6.45, 7) is 7.01. The normalized spacial score (nSPS) is 11.7. The summed E-state index contributed by atoms with van der Waals surface area (Å²) >= 11 is 0. The zero-order valence-electron chi connectivity index (χ0n) is 21.5. The quantitative estimate of drug-likeness (QED) is 0.367. The summed E-state index contributed by atoms with van der Waals surface area (Å²) in [4.78, 5) is 31.0. The second-order valence-corrected chi connectivity index (χ2v) is 10.4. The Hall–Kier alpha value is -4.46. The lowest BCUT2D eigenvalue weighted by Gasteiger charge is -2.20. The third-order valence-corrected chi connectivity index (χ3v) is 6.14. The van der Waals surface area contributed by atoms with Crippen LogP contribution in [0.4, 0.5) is 11.5 Å². The lowest BCUT2D eigenvalue weighted by atomic mass is 9.97. The maximum Gasteiger partial charge on any atom is 0.332 e. The van der Waals surface area contributed by atoms with Gasteiger partial charge in [0.25, 0.3) is 5.56 Å². The van der Waals surface area contributed by atoms with E-state index in [0.717, 1.165) is 27.1 Å². The molecule has 8 heteroatoms. The van der Waals surface area contributed by atoms with E-state index in [1.165, 1.54) is 7.05 Å². The lowest BCUT2D eigenvalue weighted by molar-refractivity contribution is 0.337. The van der Waals surface area contributed by atoms with Gasteiger partial charge in [-0.05, 0) is 35.2 Å². The Kier molecular flexibility index (Phi) is 6.25. The predicted octanol–water partition coefficient (Wildman–Crippen LogP) is 4.80. The van der Waals surface area contributed by atoms with Gasteiger partial charge in [0.1, 0.15) is 11.2 Å². The molecule has 5 aromatic rings. The van der Waals surface area contributed by atoms with E-state index in [0.29, 0.717) is 29.9 Å². The first kappa shape index (κ1) is 24.2. The van der Waals surface area contributed by atoms with Gasteiger partial charge in [-0.2, -0.15) is 5.10 Å². The number of benzene rings is 2. The zero-order chi connectivity index (χ0) is 26.2. The minimum absolute atomic E-state index is 0.188. The van der Waals surface area contributed by atoms with Gasteiger partial charge in [-0.15, -0.1) is 0 Å². The van der Waals surface area contributed by atoms with Crippen molar-refractivity contribution >= 4 is 22.5 Å². The number of nitrogens with zero attached hydrogens (tertiary/aromatic N) is 5. The molecule has 0 spiro atoms. The van der Waals surface area contributed by atoms with Gasteiger partial charge in [0.05, 0.1) is 12.2 Å². The van der Waals surface area contributed by atoms with Gasteiger partial charge < -0.3 is 5.32 Å². The number of fused-ring (bicyclic) bond motifs is 1. The highest BCUT2D eigenvalue weighted by atomic mass is 16.2. The number of hydrogen-bond acceptors (Lipinski definition) is 5. The fourth-order valence-electron chi connectivity index (χ4n) is 4.37. The molecule has 0 aliphatic heterocycles. The van der Waals surface area contributed by atoms with Crippen LogP contribution in [0.2, 0.25) is 0 Å². The van der Waals surface area contributed by atoms with Crippen LogP contribution in [0.5, 0.6) is 0 Å². The fourth-order valence-corrected chi connectivity index (χ4v) is 4.37. The van der Waals surface area contributed by atoms with E-state index in [9.17, 15) is 9.59 Å². The van der Waals surface area contributed by atoms with Crippen LogP contribution in [-0.2, 0) is 20.1 Å². The van der Waals surface area contributed by atoms with E-state index in [1.54, 1.807) is 15.4 Å². The van der Waals surface area contributed by atoms with E-state index >= 15 is 0 Å². The van der Waals surface area contributed by atoms with Crippen molar-refractivity contribution in [1.82, 2.24) is 23.9 Å². The smallest absolute Gasteiger partial charge is 0.332 e. The molecule has 5 rings (SSSR count). The number of rotatable bonds is 6. The number of anilines is 2. The first-order valence-corrected chi connectivity index (χ1v) is 12.2. The average molecular weight is 495 g/mol. The van der Waals surface area contributed by atoms with Crippen LogP contribution in [0.15, 0.2) is 88.6 Å². The molecule has 1 N–H and O–H groups in total. The Morgan fingerprint density at radius 1 is 0.892 bits per heavy atom. The van der Waals surface area contributed by atoms with Gasteiger partial charge in [-0.1, -0.05) is 69.3 Å². The Labute approximate surface area is 214 Å². The van der Waals surface area contributed by atoms with Crippen LogP contribution in [0, 0.1) is 5.41 Å². The van der Waals surface area contributed by atoms with Crippen molar-refractivity contribution in [1.29, 1.82) is 0 Å². The molecule has 0 radical (unpaired) electrons. The lowest BCUT2D eigenvalue weighted by Crippen LogP contribution is -2.40. The summed E-state index contributed by atoms with van der Waals surface area (Å²) in [5, 5.41) is 8.60. The molecule has 0 bridgehead atoms. The minimum atomic E-state index is -0.375. The maximum atomic E-state index is 13.4. The van der Waals surface area contributed by atoms with Crippen molar-refractivity contribution in [2.24, 2.45) is 12.5 Å². The summed E-state index contributed by atoms with van der Waals surface area (Å²) in [6.07, 6.45) is 1.78. The molecular formula is C29H30N6O2. The zero-order valence-corrected chi connectivity index (χ0v) is 21.5. The van der Waals surface area contributed by atoms with Crippen molar-refractivity contribution in [3.05, 3.63) is 105 Å². The van der Waals surface area contributed by atoms with Gasteiger partial charge in [-0.25, -0.2) is 9.48 Å². The Balaban J connectivity index is 1.65. The van der Waals surface area contributed by atoms with Crippen LogP contribution < -0.4 is 16.6 Å². The Bertz CT molecular complexity index is 1660. The Morgan fingerprint density at radius 3 is 2.24 bits per heavy atom. The van der Waals surface area contributed by atoms with Crippen molar-refractivity contribution in [3.8, 4) is 11.3 Å². The monoisotopic (exact) mass is 494 g/mol. The number of para-hydroxylation sites is 1. The van der Waals surface area contributed by atoms with Crippen LogP contribution in [0.25, 0.3) is 22.3 Å². The highest BCUT2D eigenvalue weighted by molar-refractivity contribution is 5.89. The van der Waals surface area contributed by atoms with E-state index in [-0.39, 0.29) is 16.7 Å². The summed E-state index contributed by atoms with van der Waals surface area (Å²) in [7, 11) is 1.52. The SMILES string of the molecule is Cn1c(=O)c2c(Nc3ccccc3)n(Cc3ccc(-c4ccccn4)cc3)nc2n(CC(C)(C)C)c1=O. The highest BCUT2D eigenvalue weighted by Gasteiger charge is 2.24. The summed E-state index contributed by atoms with van der Waals surface area (Å²) in [5.41, 5.74) is 3.20. The van der Waals surface area contributed by atoms with Crippen molar-refractivity contribution < 1.29 is 0 Å². The number of aromatic nitrogens is 5. The fraction of sp³-hybridized carbons (Fsp3) is 0.241. The molecule has 188 valence electrons. The van der Waals surface area contributed by atoms with E-state index in [2.05, 4.69) is 31.1 Å². The Morgan fingerprint density at radius 2 is 1.59 bits per heavy atom. The summed E-state index contributed by atoms with van der Waals surface area (Å²) < 4.78 is 4.54. The molecule has 0 aliphatic rings. The molecule has 0 amide bonds. The minimum Gasteiger partial charge on any atom is -0.340 e. The third-order valence-electron chi connectivity index (χ3n) is 6.14. The summed E-state index contributed by atoms with van der Waals surface area (Å²) in [6, 6.07) is 23.6. The molecule has 8 nitrogen and oxygen atoms in total. The predicted molar refractivity (Wildman–Crippen MR) is 147 cm³/mol. The number of pyridine rings is 1. The average Bonchev–Trinajstić information content (AvgIpc) is 3.24. The van der Waals surface area contributed by atoms with Gasteiger partial charge >= 0.3 is 5.69 Å². The van der Waals surface area contributed by atoms with Crippen molar-refractivity contribution in [2.45, 2.75) is 33.9 Å². The van der Waals surface area contributed by atoms with E-state index < -0.39 is 0 Å². The third kappa shape index (κ3) is 4.95. The molecule has 37 heavy (non-hydrogen) atoms. The van der Waals surface area contributed by atoms with Gasteiger partial charge in [0.2, 0.25) is 0 Å². The highest BCUT2D eigenvalue weighted by Crippen LogP contribution is 2.27. The first-order chi connectivity index (χ1) is 17.7. The molecule has 0 fully saturated rings. The second-order valence-electron chi connectivity index (χ2n) is 10.4.